The second-order valence-electron chi connectivity index (χ2n) is 5.76. The Morgan fingerprint density at radius 3 is 2.67 bits per heavy atom. The fourth-order valence-corrected chi connectivity index (χ4v) is 2.75. The highest BCUT2D eigenvalue weighted by Crippen LogP contribution is 2.22. The van der Waals surface area contributed by atoms with Crippen LogP contribution in [0, 0.1) is 11.3 Å². The van der Waals surface area contributed by atoms with Crippen molar-refractivity contribution in [2.24, 2.45) is 0 Å². The van der Waals surface area contributed by atoms with Crippen LogP contribution < -0.4 is 0 Å². The van der Waals surface area contributed by atoms with Crippen LogP contribution in [0.5, 0.6) is 0 Å². The number of ether oxygens (including phenoxy) is 1. The highest BCUT2D eigenvalue weighted by molar-refractivity contribution is 5.95. The lowest BCUT2D eigenvalue weighted by molar-refractivity contribution is -0.140. The van der Waals surface area contributed by atoms with Crippen LogP contribution in [0.2, 0.25) is 0 Å². The van der Waals surface area contributed by atoms with E-state index in [0.717, 1.165) is 11.1 Å². The third-order valence-corrected chi connectivity index (χ3v) is 4.05. The highest BCUT2D eigenvalue weighted by atomic mass is 16.5. The Kier molecular flexibility index (Phi) is 4.30. The molecule has 0 N–H and O–H groups in total. The zero-order chi connectivity index (χ0) is 17.1. The molecule has 24 heavy (non-hydrogen) atoms. The van der Waals surface area contributed by atoms with Gasteiger partial charge in [0.05, 0.1) is 17.2 Å². The van der Waals surface area contributed by atoms with Gasteiger partial charge in [-0.2, -0.15) is 5.26 Å². The molecule has 3 rings (SSSR count). The Hall–Kier alpha value is -3.13. The van der Waals surface area contributed by atoms with E-state index in [1.807, 2.05) is 24.3 Å². The van der Waals surface area contributed by atoms with Gasteiger partial charge in [-0.15, -0.1) is 0 Å². The normalized spacial score (nSPS) is 15.8. The number of likely N-dealkylation sites (N-methyl/N-ethyl adjacent to an activating group) is 1. The van der Waals surface area contributed by atoms with Crippen LogP contribution in [0.4, 0.5) is 0 Å². The molecule has 1 heterocycles. The minimum atomic E-state index is -0.796. The molecule has 2 aromatic carbocycles. The first-order chi connectivity index (χ1) is 11.6. The standard InChI is InChI=1S/C19H16N2O3/c1-21(12-14-8-6-13(11-20)7-9-14)18(22)17-10-15-4-2-3-5-16(15)19(23)24-17/h2-9,17H,10,12H2,1H3. The summed E-state index contributed by atoms with van der Waals surface area (Å²) in [6, 6.07) is 16.3. The monoisotopic (exact) mass is 320 g/mol. The van der Waals surface area contributed by atoms with Crippen LogP contribution in [0.15, 0.2) is 48.5 Å². The number of hydrogen-bond donors (Lipinski definition) is 0. The van der Waals surface area contributed by atoms with E-state index < -0.39 is 12.1 Å². The number of nitrogens with zero attached hydrogens (tertiary/aromatic N) is 2. The molecule has 1 atom stereocenters. The molecule has 0 fully saturated rings. The van der Waals surface area contributed by atoms with Crippen LogP contribution >= 0.6 is 0 Å². The average Bonchev–Trinajstić information content (AvgIpc) is 2.61. The number of nitriles is 1. The van der Waals surface area contributed by atoms with Gasteiger partial charge in [0.15, 0.2) is 6.10 Å². The third-order valence-electron chi connectivity index (χ3n) is 4.05. The number of cyclic esters (lactones) is 1. The number of carbonyl (C=O) groups excluding carboxylic acids is 2. The van der Waals surface area contributed by atoms with Gasteiger partial charge in [-0.25, -0.2) is 4.79 Å². The second kappa shape index (κ2) is 6.55. The molecule has 1 aliphatic heterocycles. The van der Waals surface area contributed by atoms with Crippen molar-refractivity contribution in [1.29, 1.82) is 5.26 Å². The van der Waals surface area contributed by atoms with Crippen molar-refractivity contribution < 1.29 is 14.3 Å². The molecule has 0 aliphatic carbocycles. The SMILES string of the molecule is CN(Cc1ccc(C#N)cc1)C(=O)C1Cc2ccccc2C(=O)O1. The molecular weight excluding hydrogens is 304 g/mol. The molecule has 0 radical (unpaired) electrons. The maximum atomic E-state index is 12.6. The van der Waals surface area contributed by atoms with Gasteiger partial charge < -0.3 is 9.64 Å². The number of amides is 1. The van der Waals surface area contributed by atoms with E-state index >= 15 is 0 Å². The van der Waals surface area contributed by atoms with Crippen molar-refractivity contribution in [3.05, 3.63) is 70.8 Å². The molecule has 120 valence electrons. The number of benzene rings is 2. The molecule has 0 bridgehead atoms. The quantitative estimate of drug-likeness (QED) is 0.814. The molecule has 0 saturated heterocycles. The van der Waals surface area contributed by atoms with Crippen molar-refractivity contribution in [1.82, 2.24) is 4.90 Å². The fraction of sp³-hybridized carbons (Fsp3) is 0.211. The van der Waals surface area contributed by atoms with Crippen molar-refractivity contribution in [3.63, 3.8) is 0 Å². The van der Waals surface area contributed by atoms with Crippen LogP contribution in [-0.4, -0.2) is 29.9 Å². The summed E-state index contributed by atoms with van der Waals surface area (Å²) in [6.45, 7) is 0.389. The van der Waals surface area contributed by atoms with E-state index in [-0.39, 0.29) is 5.91 Å². The van der Waals surface area contributed by atoms with Crippen LogP contribution in [0.3, 0.4) is 0 Å². The molecule has 1 aliphatic rings. The van der Waals surface area contributed by atoms with Crippen molar-refractivity contribution in [3.8, 4) is 6.07 Å². The highest BCUT2D eigenvalue weighted by Gasteiger charge is 2.32. The van der Waals surface area contributed by atoms with Gasteiger partial charge in [-0.1, -0.05) is 30.3 Å². The van der Waals surface area contributed by atoms with Crippen LogP contribution in [0.25, 0.3) is 0 Å². The van der Waals surface area contributed by atoms with Gasteiger partial charge in [0.2, 0.25) is 0 Å². The zero-order valence-electron chi connectivity index (χ0n) is 13.2. The molecular formula is C19H16N2O3. The maximum absolute atomic E-state index is 12.6. The van der Waals surface area contributed by atoms with Crippen LogP contribution in [0.1, 0.15) is 27.0 Å². The zero-order valence-corrected chi connectivity index (χ0v) is 13.2. The third kappa shape index (κ3) is 3.13. The molecule has 1 unspecified atom stereocenters. The molecule has 2 aromatic rings. The Morgan fingerprint density at radius 2 is 1.96 bits per heavy atom. The Labute approximate surface area is 140 Å². The minimum absolute atomic E-state index is 0.234. The summed E-state index contributed by atoms with van der Waals surface area (Å²) in [4.78, 5) is 26.1. The largest absolute Gasteiger partial charge is 0.448 e. The molecule has 0 aromatic heterocycles. The summed E-state index contributed by atoms with van der Waals surface area (Å²) in [6.07, 6.45) is -0.408. The van der Waals surface area contributed by atoms with Gasteiger partial charge in [0, 0.05) is 20.0 Å². The summed E-state index contributed by atoms with van der Waals surface area (Å²) in [7, 11) is 1.68. The average molecular weight is 320 g/mol. The van der Waals surface area contributed by atoms with Crippen molar-refractivity contribution >= 4 is 11.9 Å². The van der Waals surface area contributed by atoms with E-state index in [0.29, 0.717) is 24.1 Å². The summed E-state index contributed by atoms with van der Waals surface area (Å²) < 4.78 is 5.30. The van der Waals surface area contributed by atoms with Crippen LogP contribution in [-0.2, 0) is 22.5 Å². The number of rotatable bonds is 3. The predicted octanol–water partition coefficient (Wildman–Crippen LogP) is 2.30. The molecule has 5 heteroatoms. The summed E-state index contributed by atoms with van der Waals surface area (Å²) >= 11 is 0. The van der Waals surface area contributed by atoms with Crippen molar-refractivity contribution in [2.75, 3.05) is 7.05 Å². The number of carbonyl (C=O) groups is 2. The van der Waals surface area contributed by atoms with E-state index in [9.17, 15) is 9.59 Å². The number of hydrogen-bond acceptors (Lipinski definition) is 4. The topological polar surface area (TPSA) is 70.4 Å². The Bertz CT molecular complexity index is 821. The Balaban J connectivity index is 1.70. The summed E-state index contributed by atoms with van der Waals surface area (Å²) in [5, 5.41) is 8.81. The molecule has 0 saturated carbocycles. The minimum Gasteiger partial charge on any atom is -0.448 e. The molecule has 0 spiro atoms. The smallest absolute Gasteiger partial charge is 0.339 e. The Morgan fingerprint density at radius 1 is 1.25 bits per heavy atom. The first-order valence-corrected chi connectivity index (χ1v) is 7.61. The molecule has 5 nitrogen and oxygen atoms in total. The van der Waals surface area contributed by atoms with Crippen molar-refractivity contribution in [2.45, 2.75) is 19.1 Å². The lowest BCUT2D eigenvalue weighted by atomic mass is 9.98. The van der Waals surface area contributed by atoms with Gasteiger partial charge >= 0.3 is 5.97 Å². The summed E-state index contributed by atoms with van der Waals surface area (Å²) in [5.41, 5.74) is 2.84. The van der Waals surface area contributed by atoms with Gasteiger partial charge in [0.1, 0.15) is 0 Å². The van der Waals surface area contributed by atoms with Gasteiger partial charge in [0.25, 0.3) is 5.91 Å². The maximum Gasteiger partial charge on any atom is 0.339 e. The van der Waals surface area contributed by atoms with E-state index in [4.69, 9.17) is 10.00 Å². The molecule has 1 amide bonds. The number of fused-ring (bicyclic) bond motifs is 1. The first kappa shape index (κ1) is 15.8. The van der Waals surface area contributed by atoms with E-state index in [1.54, 1.807) is 31.3 Å². The summed E-state index contributed by atoms with van der Waals surface area (Å²) in [5.74, 6) is -0.691. The van der Waals surface area contributed by atoms with Gasteiger partial charge in [-0.05, 0) is 29.3 Å². The lowest BCUT2D eigenvalue weighted by Gasteiger charge is -2.27. The van der Waals surface area contributed by atoms with E-state index in [2.05, 4.69) is 6.07 Å². The first-order valence-electron chi connectivity index (χ1n) is 7.61. The number of esters is 1. The fourth-order valence-electron chi connectivity index (χ4n) is 2.75. The predicted molar refractivity (Wildman–Crippen MR) is 87.0 cm³/mol. The van der Waals surface area contributed by atoms with E-state index in [1.165, 1.54) is 4.90 Å². The lowest BCUT2D eigenvalue weighted by Crippen LogP contribution is -2.42. The second-order valence-corrected chi connectivity index (χ2v) is 5.76. The van der Waals surface area contributed by atoms with Gasteiger partial charge in [-0.3, -0.25) is 4.79 Å².